The van der Waals surface area contributed by atoms with Crippen LogP contribution in [0, 0.1) is 6.42 Å². The Labute approximate surface area is 108 Å². The number of hydrogen-bond acceptors (Lipinski definition) is 1. The summed E-state index contributed by atoms with van der Waals surface area (Å²) in [7, 11) is 0. The van der Waals surface area contributed by atoms with Gasteiger partial charge in [-0.1, -0.05) is 49.7 Å². The fourth-order valence-corrected chi connectivity index (χ4v) is 2.40. The summed E-state index contributed by atoms with van der Waals surface area (Å²) in [6.45, 7) is 2.98. The van der Waals surface area contributed by atoms with Crippen LogP contribution in [0.25, 0.3) is 11.1 Å². The van der Waals surface area contributed by atoms with Crippen molar-refractivity contribution >= 4 is 0 Å². The second kappa shape index (κ2) is 4.85. The standard InChI is InChI=1S/C17H17O/c1-2-3-11-18-17-10-6-9-15-14-8-5-4-7-13(14)12-16(15)17/h4-10,12H,2-3,11H2,1H3. The molecular formula is C17H17O. The largest absolute Gasteiger partial charge is 0.493 e. The van der Waals surface area contributed by atoms with Crippen LogP contribution >= 0.6 is 0 Å². The summed E-state index contributed by atoms with van der Waals surface area (Å²) in [5.41, 5.74) is 5.13. The first-order valence-electron chi connectivity index (χ1n) is 6.60. The predicted octanol–water partition coefficient (Wildman–Crippen LogP) is 4.45. The number of ether oxygens (including phenoxy) is 1. The fraction of sp³-hybridized carbons (Fsp3) is 0.235. The van der Waals surface area contributed by atoms with Crippen LogP contribution in [-0.4, -0.2) is 6.61 Å². The molecule has 0 bridgehead atoms. The molecule has 0 aromatic heterocycles. The molecule has 1 radical (unpaired) electrons. The Bertz CT molecular complexity index is 557. The van der Waals surface area contributed by atoms with Crippen molar-refractivity contribution in [3.63, 3.8) is 0 Å². The first-order valence-corrected chi connectivity index (χ1v) is 6.60. The van der Waals surface area contributed by atoms with Gasteiger partial charge < -0.3 is 4.74 Å². The van der Waals surface area contributed by atoms with Gasteiger partial charge in [-0.15, -0.1) is 0 Å². The van der Waals surface area contributed by atoms with E-state index in [0.29, 0.717) is 0 Å². The third-order valence-electron chi connectivity index (χ3n) is 3.37. The van der Waals surface area contributed by atoms with Crippen molar-refractivity contribution in [3.05, 3.63) is 60.0 Å². The van der Waals surface area contributed by atoms with Gasteiger partial charge in [0.15, 0.2) is 0 Å². The Morgan fingerprint density at radius 2 is 1.78 bits per heavy atom. The number of unbranched alkanes of at least 4 members (excludes halogenated alkanes) is 1. The normalized spacial score (nSPS) is 12.1. The molecular weight excluding hydrogens is 220 g/mol. The van der Waals surface area contributed by atoms with Crippen molar-refractivity contribution in [2.45, 2.75) is 19.8 Å². The second-order valence-corrected chi connectivity index (χ2v) is 4.65. The molecule has 3 rings (SSSR count). The van der Waals surface area contributed by atoms with Crippen LogP contribution in [0.15, 0.2) is 42.5 Å². The van der Waals surface area contributed by atoms with Crippen molar-refractivity contribution in [1.29, 1.82) is 0 Å². The van der Waals surface area contributed by atoms with Gasteiger partial charge in [0, 0.05) is 12.0 Å². The third kappa shape index (κ3) is 1.90. The molecule has 18 heavy (non-hydrogen) atoms. The van der Waals surface area contributed by atoms with E-state index in [2.05, 4.69) is 55.8 Å². The van der Waals surface area contributed by atoms with E-state index < -0.39 is 0 Å². The van der Waals surface area contributed by atoms with Gasteiger partial charge in [-0.05, 0) is 29.2 Å². The van der Waals surface area contributed by atoms with Crippen LogP contribution in [0.2, 0.25) is 0 Å². The van der Waals surface area contributed by atoms with E-state index in [-0.39, 0.29) is 0 Å². The van der Waals surface area contributed by atoms with Gasteiger partial charge in [0.1, 0.15) is 5.75 Å². The topological polar surface area (TPSA) is 9.23 Å². The lowest BCUT2D eigenvalue weighted by Gasteiger charge is -2.10. The minimum absolute atomic E-state index is 0.803. The minimum Gasteiger partial charge on any atom is -0.493 e. The number of rotatable bonds is 4. The molecule has 0 spiro atoms. The highest BCUT2D eigenvalue weighted by atomic mass is 16.5. The molecule has 0 atom stereocenters. The monoisotopic (exact) mass is 237 g/mol. The first-order chi connectivity index (χ1) is 8.90. The zero-order chi connectivity index (χ0) is 12.4. The molecule has 1 aliphatic rings. The molecule has 2 aromatic rings. The van der Waals surface area contributed by atoms with Crippen molar-refractivity contribution in [3.8, 4) is 16.9 Å². The maximum atomic E-state index is 5.89. The Balaban J connectivity index is 1.93. The number of benzene rings is 2. The zero-order valence-electron chi connectivity index (χ0n) is 10.6. The first kappa shape index (κ1) is 11.3. The molecule has 2 aromatic carbocycles. The van der Waals surface area contributed by atoms with Crippen molar-refractivity contribution < 1.29 is 4.74 Å². The molecule has 0 heterocycles. The lowest BCUT2D eigenvalue weighted by molar-refractivity contribution is 0.308. The number of hydrogen-bond donors (Lipinski definition) is 0. The average Bonchev–Trinajstić information content (AvgIpc) is 2.79. The van der Waals surface area contributed by atoms with Crippen LogP contribution in [0.5, 0.6) is 5.75 Å². The summed E-state index contributed by atoms with van der Waals surface area (Å²) in [6.07, 6.45) is 4.50. The van der Waals surface area contributed by atoms with Gasteiger partial charge >= 0.3 is 0 Å². The van der Waals surface area contributed by atoms with E-state index >= 15 is 0 Å². The Kier molecular flexibility index (Phi) is 3.06. The van der Waals surface area contributed by atoms with Crippen molar-refractivity contribution in [2.75, 3.05) is 6.61 Å². The smallest absolute Gasteiger partial charge is 0.123 e. The van der Waals surface area contributed by atoms with Gasteiger partial charge in [0.05, 0.1) is 6.61 Å². The van der Waals surface area contributed by atoms with Gasteiger partial charge in [-0.2, -0.15) is 0 Å². The highest BCUT2D eigenvalue weighted by Gasteiger charge is 2.21. The fourth-order valence-electron chi connectivity index (χ4n) is 2.40. The maximum Gasteiger partial charge on any atom is 0.123 e. The second-order valence-electron chi connectivity index (χ2n) is 4.65. The van der Waals surface area contributed by atoms with Crippen molar-refractivity contribution in [2.24, 2.45) is 0 Å². The molecule has 1 heteroatoms. The summed E-state index contributed by atoms with van der Waals surface area (Å²) in [6, 6.07) is 14.8. The van der Waals surface area contributed by atoms with Crippen LogP contribution < -0.4 is 4.74 Å². The van der Waals surface area contributed by atoms with Crippen LogP contribution in [0.4, 0.5) is 0 Å². The van der Waals surface area contributed by atoms with E-state index in [1.807, 2.05) is 0 Å². The molecule has 0 saturated carbocycles. The molecule has 0 saturated heterocycles. The van der Waals surface area contributed by atoms with Crippen molar-refractivity contribution in [1.82, 2.24) is 0 Å². The molecule has 1 nitrogen and oxygen atoms in total. The summed E-state index contributed by atoms with van der Waals surface area (Å²) in [4.78, 5) is 0. The van der Waals surface area contributed by atoms with E-state index in [9.17, 15) is 0 Å². The average molecular weight is 237 g/mol. The maximum absolute atomic E-state index is 5.89. The highest BCUT2D eigenvalue weighted by molar-refractivity contribution is 5.83. The van der Waals surface area contributed by atoms with E-state index in [1.165, 1.54) is 28.7 Å². The zero-order valence-corrected chi connectivity index (χ0v) is 10.6. The SMILES string of the molecule is CCCCOc1cccc2c1[CH]c1ccccc1-2. The lowest BCUT2D eigenvalue weighted by atomic mass is 10.1. The lowest BCUT2D eigenvalue weighted by Crippen LogP contribution is -1.98. The quantitative estimate of drug-likeness (QED) is 0.609. The predicted molar refractivity (Wildman–Crippen MR) is 74.8 cm³/mol. The van der Waals surface area contributed by atoms with Gasteiger partial charge in [-0.3, -0.25) is 0 Å². The molecule has 0 aliphatic heterocycles. The minimum atomic E-state index is 0.803. The highest BCUT2D eigenvalue weighted by Crippen LogP contribution is 2.42. The van der Waals surface area contributed by atoms with Gasteiger partial charge in [-0.25, -0.2) is 0 Å². The van der Waals surface area contributed by atoms with Gasteiger partial charge in [0.2, 0.25) is 0 Å². The van der Waals surface area contributed by atoms with Gasteiger partial charge in [0.25, 0.3) is 0 Å². The summed E-state index contributed by atoms with van der Waals surface area (Å²) in [5.74, 6) is 1.01. The Hall–Kier alpha value is -1.76. The molecule has 91 valence electrons. The third-order valence-corrected chi connectivity index (χ3v) is 3.37. The van der Waals surface area contributed by atoms with Crippen LogP contribution in [0.1, 0.15) is 30.9 Å². The molecule has 0 fully saturated rings. The van der Waals surface area contributed by atoms with E-state index in [0.717, 1.165) is 18.8 Å². The van der Waals surface area contributed by atoms with Crippen LogP contribution in [-0.2, 0) is 0 Å². The van der Waals surface area contributed by atoms with E-state index in [1.54, 1.807) is 0 Å². The molecule has 0 amide bonds. The number of fused-ring (bicyclic) bond motifs is 3. The molecule has 0 N–H and O–H groups in total. The Morgan fingerprint density at radius 3 is 2.67 bits per heavy atom. The molecule has 0 unspecified atom stereocenters. The van der Waals surface area contributed by atoms with E-state index in [4.69, 9.17) is 4.74 Å². The summed E-state index contributed by atoms with van der Waals surface area (Å²) < 4.78 is 5.89. The molecule has 1 aliphatic carbocycles. The van der Waals surface area contributed by atoms with Crippen LogP contribution in [0.3, 0.4) is 0 Å². The summed E-state index contributed by atoms with van der Waals surface area (Å²) >= 11 is 0. The summed E-state index contributed by atoms with van der Waals surface area (Å²) in [5, 5.41) is 0. The Morgan fingerprint density at radius 1 is 0.944 bits per heavy atom.